The highest BCUT2D eigenvalue weighted by Gasteiger charge is 2.55. The number of amides is 4. The highest BCUT2D eigenvalue weighted by Crippen LogP contribution is 2.37. The van der Waals surface area contributed by atoms with Gasteiger partial charge in [-0.1, -0.05) is 31.6 Å². The molecule has 3 heterocycles. The van der Waals surface area contributed by atoms with Crippen LogP contribution in [0.3, 0.4) is 0 Å². The Kier molecular flexibility index (Phi) is 6.92. The number of allylic oxidation sites excluding steroid dienone is 2. The van der Waals surface area contributed by atoms with Crippen molar-refractivity contribution in [2.45, 2.75) is 63.8 Å². The molecule has 0 bridgehead atoms. The molecule has 3 aliphatic rings. The number of piperidine rings is 1. The summed E-state index contributed by atoms with van der Waals surface area (Å²) in [5.41, 5.74) is 0.0176. The van der Waals surface area contributed by atoms with Crippen LogP contribution in [0.15, 0.2) is 36.5 Å². The summed E-state index contributed by atoms with van der Waals surface area (Å²) in [7, 11) is 0. The molecule has 7 heteroatoms. The fourth-order valence-corrected chi connectivity index (χ4v) is 5.53. The van der Waals surface area contributed by atoms with E-state index < -0.39 is 5.54 Å². The van der Waals surface area contributed by atoms with Gasteiger partial charge < -0.3 is 10.2 Å². The van der Waals surface area contributed by atoms with E-state index in [1.807, 2.05) is 30.0 Å². The third-order valence-corrected chi connectivity index (χ3v) is 7.29. The van der Waals surface area contributed by atoms with Crippen molar-refractivity contribution in [1.29, 1.82) is 0 Å². The fourth-order valence-electron chi connectivity index (χ4n) is 5.53. The maximum absolute atomic E-state index is 13.5. The topological polar surface area (TPSA) is 82.6 Å². The van der Waals surface area contributed by atoms with Gasteiger partial charge in [0.25, 0.3) is 5.91 Å². The van der Waals surface area contributed by atoms with Crippen LogP contribution >= 0.6 is 0 Å². The molecule has 2 atom stereocenters. The number of aromatic nitrogens is 1. The number of hydrogen-bond acceptors (Lipinski definition) is 4. The number of pyridine rings is 1. The van der Waals surface area contributed by atoms with E-state index in [2.05, 4.69) is 22.5 Å². The monoisotopic (exact) mass is 438 g/mol. The van der Waals surface area contributed by atoms with E-state index in [0.717, 1.165) is 44.2 Å². The Labute approximate surface area is 190 Å². The van der Waals surface area contributed by atoms with E-state index in [-0.39, 0.29) is 29.7 Å². The first-order valence-electron chi connectivity index (χ1n) is 12.0. The quantitative estimate of drug-likeness (QED) is 0.523. The molecule has 7 nitrogen and oxygen atoms in total. The van der Waals surface area contributed by atoms with Crippen LogP contribution < -0.4 is 5.32 Å². The van der Waals surface area contributed by atoms with Gasteiger partial charge in [0, 0.05) is 43.9 Å². The van der Waals surface area contributed by atoms with Crippen molar-refractivity contribution in [3.63, 3.8) is 0 Å². The Balaban J connectivity index is 1.41. The minimum Gasteiger partial charge on any atom is -0.342 e. The van der Waals surface area contributed by atoms with Crippen LogP contribution in [0.4, 0.5) is 4.79 Å². The molecule has 0 spiro atoms. The van der Waals surface area contributed by atoms with Crippen LogP contribution in [-0.2, 0) is 16.0 Å². The van der Waals surface area contributed by atoms with Gasteiger partial charge in [-0.15, -0.1) is 0 Å². The van der Waals surface area contributed by atoms with Crippen molar-refractivity contribution in [2.75, 3.05) is 19.6 Å². The zero-order valence-electron chi connectivity index (χ0n) is 19.0. The van der Waals surface area contributed by atoms with Crippen LogP contribution in [0.1, 0.15) is 57.6 Å². The van der Waals surface area contributed by atoms with Gasteiger partial charge in [0.15, 0.2) is 0 Å². The number of carbonyl (C=O) groups is 3. The summed E-state index contributed by atoms with van der Waals surface area (Å²) >= 11 is 0. The Morgan fingerprint density at radius 2 is 2.00 bits per heavy atom. The zero-order chi connectivity index (χ0) is 22.6. The molecule has 0 saturated carbocycles. The molecule has 0 unspecified atom stereocenters. The molecule has 32 heavy (non-hydrogen) atoms. The Morgan fingerprint density at radius 1 is 1.19 bits per heavy atom. The molecule has 1 aromatic heterocycles. The van der Waals surface area contributed by atoms with E-state index in [1.165, 1.54) is 4.90 Å². The summed E-state index contributed by atoms with van der Waals surface area (Å²) in [6.45, 7) is 3.70. The maximum Gasteiger partial charge on any atom is 0.325 e. The van der Waals surface area contributed by atoms with E-state index >= 15 is 0 Å². The van der Waals surface area contributed by atoms with Gasteiger partial charge in [0.05, 0.1) is 0 Å². The first kappa shape index (κ1) is 22.5. The first-order chi connectivity index (χ1) is 15.5. The molecule has 0 aromatic carbocycles. The summed E-state index contributed by atoms with van der Waals surface area (Å²) in [5, 5.41) is 3.09. The molecule has 1 aliphatic carbocycles. The maximum atomic E-state index is 13.5. The third kappa shape index (κ3) is 4.43. The van der Waals surface area contributed by atoms with E-state index in [0.29, 0.717) is 32.5 Å². The van der Waals surface area contributed by atoms with Crippen molar-refractivity contribution in [1.82, 2.24) is 20.1 Å². The summed E-state index contributed by atoms with van der Waals surface area (Å²) in [6.07, 6.45) is 12.2. The van der Waals surface area contributed by atoms with Crippen molar-refractivity contribution >= 4 is 17.8 Å². The van der Waals surface area contributed by atoms with Gasteiger partial charge in [-0.2, -0.15) is 0 Å². The number of likely N-dealkylation sites (tertiary alicyclic amines) is 1. The summed E-state index contributed by atoms with van der Waals surface area (Å²) < 4.78 is 0. The SMILES string of the molecule is CCC[C@]1(C2CCN(C(=O)[C@H]3CC=CCC3)CC2)NC(=O)N(CCc2ccccn2)C1=O. The number of nitrogens with zero attached hydrogens (tertiary/aromatic N) is 3. The number of hydrogen-bond donors (Lipinski definition) is 1. The van der Waals surface area contributed by atoms with Crippen LogP contribution in [0, 0.1) is 11.8 Å². The Bertz CT molecular complexity index is 863. The minimum atomic E-state index is -0.849. The summed E-state index contributed by atoms with van der Waals surface area (Å²) in [4.78, 5) is 46.9. The van der Waals surface area contributed by atoms with E-state index in [4.69, 9.17) is 0 Å². The van der Waals surface area contributed by atoms with Crippen LogP contribution in [0.5, 0.6) is 0 Å². The first-order valence-corrected chi connectivity index (χ1v) is 12.0. The van der Waals surface area contributed by atoms with Gasteiger partial charge in [0.1, 0.15) is 5.54 Å². The number of carbonyl (C=O) groups excluding carboxylic acids is 3. The van der Waals surface area contributed by atoms with Gasteiger partial charge in [-0.3, -0.25) is 19.5 Å². The standard InChI is InChI=1S/C25H34N4O3/c1-2-14-25(20-11-16-28(17-12-20)22(30)19-8-4-3-5-9-19)23(31)29(24(32)27-25)18-13-21-10-6-7-15-26-21/h3-4,6-7,10,15,19-20H,2,5,8-9,11-14,16-18H2,1H3,(H,27,32)/t19-,25+/m0/s1. The van der Waals surface area contributed by atoms with Crippen LogP contribution in [0.25, 0.3) is 0 Å². The number of imide groups is 1. The molecule has 0 radical (unpaired) electrons. The smallest absolute Gasteiger partial charge is 0.325 e. The number of nitrogens with one attached hydrogen (secondary N) is 1. The second-order valence-corrected chi connectivity index (χ2v) is 9.26. The summed E-state index contributed by atoms with van der Waals surface area (Å²) in [5.74, 6) is 0.281. The molecule has 172 valence electrons. The lowest BCUT2D eigenvalue weighted by atomic mass is 9.74. The molecule has 4 rings (SSSR count). The molecule has 2 fully saturated rings. The lowest BCUT2D eigenvalue weighted by Gasteiger charge is -2.41. The molecule has 1 aromatic rings. The second-order valence-electron chi connectivity index (χ2n) is 9.26. The number of rotatable bonds is 7. The lowest BCUT2D eigenvalue weighted by molar-refractivity contribution is -0.139. The van der Waals surface area contributed by atoms with Crippen molar-refractivity contribution in [2.24, 2.45) is 11.8 Å². The predicted molar refractivity (Wildman–Crippen MR) is 122 cm³/mol. The minimum absolute atomic E-state index is 0.0500. The summed E-state index contributed by atoms with van der Waals surface area (Å²) in [6, 6.07) is 5.37. The highest BCUT2D eigenvalue weighted by atomic mass is 16.2. The van der Waals surface area contributed by atoms with Gasteiger partial charge >= 0.3 is 6.03 Å². The number of urea groups is 1. The zero-order valence-corrected chi connectivity index (χ0v) is 19.0. The molecule has 2 aliphatic heterocycles. The molecule has 1 N–H and O–H groups in total. The predicted octanol–water partition coefficient (Wildman–Crippen LogP) is 3.31. The third-order valence-electron chi connectivity index (χ3n) is 7.29. The average molecular weight is 439 g/mol. The fraction of sp³-hybridized carbons (Fsp3) is 0.600. The molecule has 4 amide bonds. The van der Waals surface area contributed by atoms with Crippen molar-refractivity contribution in [3.8, 4) is 0 Å². The largest absolute Gasteiger partial charge is 0.342 e. The van der Waals surface area contributed by atoms with Crippen molar-refractivity contribution < 1.29 is 14.4 Å². The lowest BCUT2D eigenvalue weighted by Crippen LogP contribution is -2.57. The van der Waals surface area contributed by atoms with E-state index in [9.17, 15) is 14.4 Å². The second kappa shape index (κ2) is 9.84. The van der Waals surface area contributed by atoms with E-state index in [1.54, 1.807) is 6.20 Å². The van der Waals surface area contributed by atoms with Gasteiger partial charge in [-0.25, -0.2) is 4.79 Å². The molecular weight excluding hydrogens is 404 g/mol. The van der Waals surface area contributed by atoms with Crippen LogP contribution in [0.2, 0.25) is 0 Å². The Hall–Kier alpha value is -2.70. The van der Waals surface area contributed by atoms with Gasteiger partial charge in [-0.05, 0) is 56.6 Å². The van der Waals surface area contributed by atoms with Crippen LogP contribution in [-0.4, -0.2) is 57.8 Å². The average Bonchev–Trinajstić information content (AvgIpc) is 3.08. The molecular formula is C25H34N4O3. The highest BCUT2D eigenvalue weighted by molar-refractivity contribution is 6.07. The molecule has 2 saturated heterocycles. The normalized spacial score (nSPS) is 26.5. The van der Waals surface area contributed by atoms with Crippen molar-refractivity contribution in [3.05, 3.63) is 42.2 Å². The van der Waals surface area contributed by atoms with Gasteiger partial charge in [0.2, 0.25) is 5.91 Å². The Morgan fingerprint density at radius 3 is 2.66 bits per heavy atom.